The van der Waals surface area contributed by atoms with Crippen LogP contribution < -0.4 is 5.11 Å². The van der Waals surface area contributed by atoms with E-state index in [1.54, 1.807) is 0 Å². The minimum absolute atomic E-state index is 0.0424. The van der Waals surface area contributed by atoms with E-state index in [9.17, 15) is 14.7 Å². The lowest BCUT2D eigenvalue weighted by Gasteiger charge is -2.23. The first kappa shape index (κ1) is 28.9. The fourth-order valence-electron chi connectivity index (χ4n) is 3.52. The molecule has 0 aromatic carbocycles. The van der Waals surface area contributed by atoms with Crippen LogP contribution in [0.1, 0.15) is 116 Å². The Morgan fingerprint density at radius 1 is 0.600 bits per heavy atom. The van der Waals surface area contributed by atoms with Crippen LogP contribution in [-0.4, -0.2) is 50.7 Å². The Hall–Kier alpha value is -1.10. The molecule has 0 radical (unpaired) electrons. The van der Waals surface area contributed by atoms with Gasteiger partial charge in [0.2, 0.25) is 0 Å². The number of carbonyl (C=O) groups excluding carboxylic acids is 2. The molecular formula is C25H49NO4. The van der Waals surface area contributed by atoms with Crippen molar-refractivity contribution in [3.63, 3.8) is 0 Å². The number of likely N-dealkylation sites (N-methyl/N-ethyl adjacent to an activating group) is 1. The first-order chi connectivity index (χ1) is 14.3. The molecule has 0 bridgehead atoms. The van der Waals surface area contributed by atoms with E-state index in [2.05, 4.69) is 21.1 Å². The van der Waals surface area contributed by atoms with Gasteiger partial charge in [-0.3, -0.25) is 4.79 Å². The molecule has 0 saturated heterocycles. The Kier molecular flexibility index (Phi) is 19.1. The van der Waals surface area contributed by atoms with E-state index >= 15 is 0 Å². The first-order valence-electron chi connectivity index (χ1n) is 12.5. The maximum absolute atomic E-state index is 11.7. The zero-order chi connectivity index (χ0) is 22.5. The molecule has 0 aromatic rings. The Balaban J connectivity index is 3.16. The van der Waals surface area contributed by atoms with Gasteiger partial charge in [-0.05, 0) is 19.3 Å². The van der Waals surface area contributed by atoms with Gasteiger partial charge in [0.1, 0.15) is 13.2 Å². The second-order valence-electron chi connectivity index (χ2n) is 9.76. The smallest absolute Gasteiger partial charge is 0.305 e. The molecule has 0 unspecified atom stereocenters. The zero-order valence-electron chi connectivity index (χ0n) is 20.2. The predicted octanol–water partition coefficient (Wildman–Crippen LogP) is 5.01. The van der Waals surface area contributed by atoms with Crippen LogP contribution in [0.4, 0.5) is 0 Å². The second kappa shape index (κ2) is 19.8. The van der Waals surface area contributed by atoms with Crippen molar-refractivity contribution in [3.8, 4) is 0 Å². The van der Waals surface area contributed by atoms with Crippen LogP contribution in [0.2, 0.25) is 0 Å². The van der Waals surface area contributed by atoms with Gasteiger partial charge in [-0.2, -0.15) is 0 Å². The number of esters is 1. The van der Waals surface area contributed by atoms with Crippen molar-refractivity contribution < 1.29 is 23.9 Å². The number of carbonyl (C=O) groups is 2. The molecule has 0 rings (SSSR count). The number of hydrogen-bond donors (Lipinski definition) is 0. The zero-order valence-corrected chi connectivity index (χ0v) is 20.2. The highest BCUT2D eigenvalue weighted by Crippen LogP contribution is 2.14. The normalized spacial score (nSPS) is 11.6. The lowest BCUT2D eigenvalue weighted by molar-refractivity contribution is -0.870. The fraction of sp³-hybridized carbons (Fsp3) is 0.920. The number of unbranched alkanes of at least 4 members (excludes halogenated alkanes) is 15. The molecule has 0 aliphatic heterocycles. The van der Waals surface area contributed by atoms with E-state index in [1.807, 2.05) is 0 Å². The van der Waals surface area contributed by atoms with Crippen LogP contribution >= 0.6 is 0 Å². The Bertz CT molecular complexity index is 418. The lowest BCUT2D eigenvalue weighted by Crippen LogP contribution is -2.37. The van der Waals surface area contributed by atoms with Crippen LogP contribution in [0, 0.1) is 0 Å². The summed E-state index contributed by atoms with van der Waals surface area (Å²) >= 11 is 0. The molecule has 0 spiro atoms. The third-order valence-corrected chi connectivity index (χ3v) is 5.54. The molecule has 0 fully saturated rings. The Morgan fingerprint density at radius 2 is 0.933 bits per heavy atom. The van der Waals surface area contributed by atoms with Crippen molar-refractivity contribution in [2.75, 3.05) is 34.3 Å². The monoisotopic (exact) mass is 427 g/mol. The molecule has 178 valence electrons. The second-order valence-corrected chi connectivity index (χ2v) is 9.76. The Morgan fingerprint density at radius 3 is 1.27 bits per heavy atom. The molecule has 0 aliphatic carbocycles. The summed E-state index contributed by atoms with van der Waals surface area (Å²) in [4.78, 5) is 22.0. The minimum Gasteiger partial charge on any atom is -0.550 e. The molecule has 0 N–H and O–H groups in total. The largest absolute Gasteiger partial charge is 0.550 e. The highest BCUT2D eigenvalue weighted by atomic mass is 16.5. The first-order valence-corrected chi connectivity index (χ1v) is 12.5. The highest BCUT2D eigenvalue weighted by Gasteiger charge is 2.09. The van der Waals surface area contributed by atoms with E-state index < -0.39 is 5.97 Å². The number of carboxylic acid groups (broad SMARTS) is 1. The van der Waals surface area contributed by atoms with E-state index in [1.165, 1.54) is 70.6 Å². The van der Waals surface area contributed by atoms with Gasteiger partial charge in [0.15, 0.2) is 0 Å². The van der Waals surface area contributed by atoms with Crippen molar-refractivity contribution in [2.45, 2.75) is 116 Å². The number of rotatable bonds is 22. The summed E-state index contributed by atoms with van der Waals surface area (Å²) in [6.07, 6.45) is 20.2. The summed E-state index contributed by atoms with van der Waals surface area (Å²) in [5.41, 5.74) is 0. The summed E-state index contributed by atoms with van der Waals surface area (Å²) in [5.74, 6) is -0.960. The van der Waals surface area contributed by atoms with Crippen LogP contribution in [0.15, 0.2) is 0 Å². The molecule has 0 heterocycles. The molecule has 0 amide bonds. The third-order valence-electron chi connectivity index (χ3n) is 5.54. The summed E-state index contributed by atoms with van der Waals surface area (Å²) in [5, 5.41) is 10.3. The molecule has 0 aromatic heterocycles. The van der Waals surface area contributed by atoms with Crippen LogP contribution in [0.25, 0.3) is 0 Å². The topological polar surface area (TPSA) is 66.4 Å². The summed E-state index contributed by atoms with van der Waals surface area (Å²) in [6, 6.07) is 0. The van der Waals surface area contributed by atoms with Gasteiger partial charge in [0.25, 0.3) is 0 Å². The predicted molar refractivity (Wildman–Crippen MR) is 122 cm³/mol. The number of hydrogen-bond acceptors (Lipinski definition) is 4. The van der Waals surface area contributed by atoms with E-state index in [-0.39, 0.29) is 12.4 Å². The van der Waals surface area contributed by atoms with Crippen molar-refractivity contribution in [3.05, 3.63) is 0 Å². The maximum atomic E-state index is 11.7. The van der Waals surface area contributed by atoms with Crippen LogP contribution in [0.5, 0.6) is 0 Å². The molecule has 0 aliphatic rings. The highest BCUT2D eigenvalue weighted by molar-refractivity contribution is 5.69. The Labute approximate surface area is 186 Å². The number of carboxylic acids is 1. The number of nitrogens with zero attached hydrogens (tertiary/aromatic N) is 1. The SMILES string of the molecule is C[N+](C)(C)CCOC(=O)CCCCCCCCCCCCCCCCCCC(=O)[O-]. The quantitative estimate of drug-likeness (QED) is 0.138. The molecule has 0 saturated carbocycles. The minimum atomic E-state index is -0.918. The van der Waals surface area contributed by atoms with Crippen LogP contribution in [-0.2, 0) is 14.3 Å². The average molecular weight is 428 g/mol. The fourth-order valence-corrected chi connectivity index (χ4v) is 3.52. The van der Waals surface area contributed by atoms with Gasteiger partial charge in [0, 0.05) is 12.4 Å². The lowest BCUT2D eigenvalue weighted by atomic mass is 10.0. The number of ether oxygens (including phenoxy) is 1. The number of aliphatic carboxylic acids is 1. The van der Waals surface area contributed by atoms with Crippen LogP contribution in [0.3, 0.4) is 0 Å². The van der Waals surface area contributed by atoms with Gasteiger partial charge < -0.3 is 19.1 Å². The number of quaternary nitrogens is 1. The molecule has 0 atom stereocenters. The van der Waals surface area contributed by atoms with Crippen molar-refractivity contribution in [2.24, 2.45) is 0 Å². The third kappa shape index (κ3) is 24.9. The van der Waals surface area contributed by atoms with Crippen molar-refractivity contribution in [1.82, 2.24) is 0 Å². The van der Waals surface area contributed by atoms with E-state index in [0.29, 0.717) is 13.0 Å². The van der Waals surface area contributed by atoms with Gasteiger partial charge in [-0.15, -0.1) is 0 Å². The summed E-state index contributed by atoms with van der Waals surface area (Å²) in [6.45, 7) is 1.38. The maximum Gasteiger partial charge on any atom is 0.305 e. The average Bonchev–Trinajstić information content (AvgIpc) is 2.65. The molecule has 5 nitrogen and oxygen atoms in total. The van der Waals surface area contributed by atoms with Gasteiger partial charge in [0.05, 0.1) is 21.1 Å². The summed E-state index contributed by atoms with van der Waals surface area (Å²) < 4.78 is 6.10. The standard InChI is InChI=1S/C25H49NO4/c1-26(2,3)22-23-30-25(29)21-19-17-15-13-11-9-7-5-4-6-8-10-12-14-16-18-20-24(27)28/h4-23H2,1-3H3. The molecular weight excluding hydrogens is 378 g/mol. The van der Waals surface area contributed by atoms with E-state index in [0.717, 1.165) is 43.1 Å². The van der Waals surface area contributed by atoms with Gasteiger partial charge in [-0.1, -0.05) is 89.9 Å². The van der Waals surface area contributed by atoms with Crippen molar-refractivity contribution in [1.29, 1.82) is 0 Å². The molecule has 5 heteroatoms. The van der Waals surface area contributed by atoms with Gasteiger partial charge in [-0.25, -0.2) is 0 Å². The van der Waals surface area contributed by atoms with Gasteiger partial charge >= 0.3 is 5.97 Å². The van der Waals surface area contributed by atoms with E-state index in [4.69, 9.17) is 4.74 Å². The van der Waals surface area contributed by atoms with Crippen molar-refractivity contribution >= 4 is 11.9 Å². The summed E-state index contributed by atoms with van der Waals surface area (Å²) in [7, 11) is 6.30. The molecule has 30 heavy (non-hydrogen) atoms.